The van der Waals surface area contributed by atoms with E-state index >= 15 is 0 Å². The number of hydrogen-bond acceptors (Lipinski definition) is 4. The van der Waals surface area contributed by atoms with Crippen LogP contribution in [0.2, 0.25) is 0 Å². The third kappa shape index (κ3) is 3.95. The molecule has 112 valence electrons. The molecule has 2 N–H and O–H groups in total. The lowest BCUT2D eigenvalue weighted by Gasteiger charge is -2.37. The maximum atomic E-state index is 6.02. The van der Waals surface area contributed by atoms with Crippen LogP contribution >= 0.6 is 0 Å². The normalized spacial score (nSPS) is 21.3. The number of ether oxygens (including phenoxy) is 3. The van der Waals surface area contributed by atoms with Crippen molar-refractivity contribution >= 4 is 0 Å². The molecule has 4 nitrogen and oxygen atoms in total. The highest BCUT2D eigenvalue weighted by Gasteiger charge is 2.34. The molecule has 0 radical (unpaired) electrons. The van der Waals surface area contributed by atoms with Crippen molar-refractivity contribution in [3.05, 3.63) is 29.8 Å². The van der Waals surface area contributed by atoms with Crippen molar-refractivity contribution in [3.8, 4) is 5.75 Å². The fourth-order valence-corrected chi connectivity index (χ4v) is 2.66. The Morgan fingerprint density at radius 1 is 1.25 bits per heavy atom. The van der Waals surface area contributed by atoms with Crippen molar-refractivity contribution in [1.29, 1.82) is 0 Å². The average molecular weight is 279 g/mol. The fraction of sp³-hybridized carbons (Fsp3) is 0.625. The number of fused-ring (bicyclic) bond motifs is 1. The predicted octanol–water partition coefficient (Wildman–Crippen LogP) is 2.01. The summed E-state index contributed by atoms with van der Waals surface area (Å²) in [7, 11) is 1.68. The Labute approximate surface area is 121 Å². The number of nitrogens with two attached hydrogens (primary N) is 1. The third-order valence-electron chi connectivity index (χ3n) is 3.93. The molecule has 1 aliphatic rings. The summed E-state index contributed by atoms with van der Waals surface area (Å²) >= 11 is 0. The monoisotopic (exact) mass is 279 g/mol. The Morgan fingerprint density at radius 2 is 2.10 bits per heavy atom. The van der Waals surface area contributed by atoms with Crippen LogP contribution in [0, 0.1) is 5.41 Å². The Kier molecular flexibility index (Phi) is 5.83. The molecule has 1 unspecified atom stereocenters. The Hall–Kier alpha value is -1.10. The van der Waals surface area contributed by atoms with Gasteiger partial charge in [0.15, 0.2) is 0 Å². The molecule has 0 amide bonds. The molecule has 0 bridgehead atoms. The topological polar surface area (TPSA) is 53.7 Å². The Morgan fingerprint density at radius 3 is 2.90 bits per heavy atom. The molecular formula is C16H25NO3. The highest BCUT2D eigenvalue weighted by Crippen LogP contribution is 2.36. The van der Waals surface area contributed by atoms with Crippen molar-refractivity contribution in [1.82, 2.24) is 0 Å². The van der Waals surface area contributed by atoms with Gasteiger partial charge in [0.05, 0.1) is 19.8 Å². The van der Waals surface area contributed by atoms with Crippen molar-refractivity contribution in [2.45, 2.75) is 19.3 Å². The minimum Gasteiger partial charge on any atom is -0.493 e. The second kappa shape index (κ2) is 7.62. The van der Waals surface area contributed by atoms with Gasteiger partial charge in [-0.1, -0.05) is 18.2 Å². The molecule has 1 aliphatic heterocycles. The van der Waals surface area contributed by atoms with Crippen molar-refractivity contribution in [3.63, 3.8) is 0 Å². The van der Waals surface area contributed by atoms with Crippen molar-refractivity contribution in [2.24, 2.45) is 11.1 Å². The molecule has 1 aromatic carbocycles. The first-order valence-corrected chi connectivity index (χ1v) is 7.27. The van der Waals surface area contributed by atoms with Gasteiger partial charge >= 0.3 is 0 Å². The molecule has 0 aromatic heterocycles. The van der Waals surface area contributed by atoms with Gasteiger partial charge in [-0.15, -0.1) is 0 Å². The minimum atomic E-state index is 0.0545. The smallest absolute Gasteiger partial charge is 0.122 e. The van der Waals surface area contributed by atoms with E-state index in [0.29, 0.717) is 26.4 Å². The SMILES string of the molecule is COCCOCCCC1(CN)COc2ccccc2C1. The van der Waals surface area contributed by atoms with E-state index in [9.17, 15) is 0 Å². The van der Waals surface area contributed by atoms with Gasteiger partial charge in [-0.25, -0.2) is 0 Å². The minimum absolute atomic E-state index is 0.0545. The third-order valence-corrected chi connectivity index (χ3v) is 3.93. The Bertz CT molecular complexity index is 410. The molecule has 0 spiro atoms. The lowest BCUT2D eigenvalue weighted by molar-refractivity contribution is 0.0555. The summed E-state index contributed by atoms with van der Waals surface area (Å²) in [5.41, 5.74) is 7.34. The van der Waals surface area contributed by atoms with Crippen LogP contribution in [0.4, 0.5) is 0 Å². The second-order valence-corrected chi connectivity index (χ2v) is 5.49. The quantitative estimate of drug-likeness (QED) is 0.740. The molecule has 1 atom stereocenters. The number of para-hydroxylation sites is 1. The number of hydrogen-bond donors (Lipinski definition) is 1. The molecule has 1 heterocycles. The van der Waals surface area contributed by atoms with Gasteiger partial charge in [-0.3, -0.25) is 0 Å². The van der Waals surface area contributed by atoms with E-state index < -0.39 is 0 Å². The predicted molar refractivity (Wildman–Crippen MR) is 79.1 cm³/mol. The van der Waals surface area contributed by atoms with E-state index in [1.54, 1.807) is 7.11 Å². The summed E-state index contributed by atoms with van der Waals surface area (Å²) in [5, 5.41) is 0. The van der Waals surface area contributed by atoms with Crippen LogP contribution in [-0.4, -0.2) is 40.1 Å². The summed E-state index contributed by atoms with van der Waals surface area (Å²) in [4.78, 5) is 0. The number of benzene rings is 1. The van der Waals surface area contributed by atoms with E-state index in [1.807, 2.05) is 12.1 Å². The van der Waals surface area contributed by atoms with Gasteiger partial charge in [0.25, 0.3) is 0 Å². The van der Waals surface area contributed by atoms with Gasteiger partial charge in [0.1, 0.15) is 5.75 Å². The number of methoxy groups -OCH3 is 1. The van der Waals surface area contributed by atoms with Crippen molar-refractivity contribution in [2.75, 3.05) is 40.1 Å². The zero-order valence-electron chi connectivity index (χ0n) is 12.3. The molecule has 20 heavy (non-hydrogen) atoms. The zero-order valence-corrected chi connectivity index (χ0v) is 12.3. The van der Waals surface area contributed by atoms with Crippen LogP contribution in [-0.2, 0) is 15.9 Å². The summed E-state index contributed by atoms with van der Waals surface area (Å²) < 4.78 is 16.4. The van der Waals surface area contributed by atoms with E-state index in [-0.39, 0.29) is 5.41 Å². The molecular weight excluding hydrogens is 254 g/mol. The molecule has 0 aliphatic carbocycles. The van der Waals surface area contributed by atoms with Crippen LogP contribution in [0.25, 0.3) is 0 Å². The summed E-state index contributed by atoms with van der Waals surface area (Å²) in [6, 6.07) is 8.23. The summed E-state index contributed by atoms with van der Waals surface area (Å²) in [6.07, 6.45) is 3.04. The standard InChI is InChI=1S/C16H25NO3/c1-18-9-10-19-8-4-7-16(12-17)11-14-5-2-3-6-15(14)20-13-16/h2-3,5-6H,4,7-13,17H2,1H3. The van der Waals surface area contributed by atoms with E-state index in [4.69, 9.17) is 19.9 Å². The van der Waals surface area contributed by atoms with Crippen molar-refractivity contribution < 1.29 is 14.2 Å². The zero-order chi connectivity index (χ0) is 14.3. The average Bonchev–Trinajstić information content (AvgIpc) is 2.50. The highest BCUT2D eigenvalue weighted by atomic mass is 16.5. The van der Waals surface area contributed by atoms with Crippen LogP contribution < -0.4 is 10.5 Å². The van der Waals surface area contributed by atoms with E-state index in [0.717, 1.165) is 31.6 Å². The second-order valence-electron chi connectivity index (χ2n) is 5.49. The summed E-state index contributed by atoms with van der Waals surface area (Å²) in [5.74, 6) is 1.01. The van der Waals surface area contributed by atoms with Crippen LogP contribution in [0.3, 0.4) is 0 Å². The lowest BCUT2D eigenvalue weighted by atomic mass is 9.77. The largest absolute Gasteiger partial charge is 0.493 e. The van der Waals surface area contributed by atoms with Gasteiger partial charge in [0.2, 0.25) is 0 Å². The lowest BCUT2D eigenvalue weighted by Crippen LogP contribution is -2.41. The van der Waals surface area contributed by atoms with Crippen LogP contribution in [0.5, 0.6) is 5.75 Å². The van der Waals surface area contributed by atoms with E-state index in [2.05, 4.69) is 12.1 Å². The fourth-order valence-electron chi connectivity index (χ4n) is 2.66. The molecule has 0 fully saturated rings. The Balaban J connectivity index is 1.82. The molecule has 4 heteroatoms. The van der Waals surface area contributed by atoms with Gasteiger partial charge in [-0.2, -0.15) is 0 Å². The molecule has 2 rings (SSSR count). The maximum Gasteiger partial charge on any atom is 0.122 e. The first-order valence-electron chi connectivity index (χ1n) is 7.27. The number of rotatable bonds is 8. The van der Waals surface area contributed by atoms with E-state index in [1.165, 1.54) is 5.56 Å². The maximum absolute atomic E-state index is 6.02. The highest BCUT2D eigenvalue weighted by molar-refractivity contribution is 5.36. The van der Waals surface area contributed by atoms with Gasteiger partial charge < -0.3 is 19.9 Å². The van der Waals surface area contributed by atoms with Gasteiger partial charge in [0, 0.05) is 25.7 Å². The van der Waals surface area contributed by atoms with Gasteiger partial charge in [-0.05, 0) is 30.9 Å². The molecule has 0 saturated heterocycles. The van der Waals surface area contributed by atoms with Crippen LogP contribution in [0.15, 0.2) is 24.3 Å². The summed E-state index contributed by atoms with van der Waals surface area (Å²) in [6.45, 7) is 3.43. The molecule has 1 aromatic rings. The van der Waals surface area contributed by atoms with Crippen LogP contribution in [0.1, 0.15) is 18.4 Å². The first kappa shape index (κ1) is 15.3. The first-order chi connectivity index (χ1) is 9.79. The molecule has 0 saturated carbocycles.